The summed E-state index contributed by atoms with van der Waals surface area (Å²) in [6, 6.07) is 14.9. The maximum atomic E-state index is 12.5. The van der Waals surface area contributed by atoms with Crippen LogP contribution in [-0.4, -0.2) is 27.2 Å². The molecule has 0 saturated carbocycles. The number of nitrogens with one attached hydrogen (secondary N) is 1. The van der Waals surface area contributed by atoms with E-state index in [9.17, 15) is 9.59 Å². The number of thiophene rings is 1. The molecule has 1 N–H and O–H groups in total. The zero-order valence-electron chi connectivity index (χ0n) is 19.1. The minimum Gasteiger partial charge on any atom is -0.350 e. The molecule has 0 atom stereocenters. The average Bonchev–Trinajstić information content (AvgIpc) is 3.44. The van der Waals surface area contributed by atoms with Crippen LogP contribution in [0.2, 0.25) is 0 Å². The number of aromatic nitrogens is 3. The first kappa shape index (κ1) is 23.1. The van der Waals surface area contributed by atoms with Crippen LogP contribution in [-0.2, 0) is 12.0 Å². The summed E-state index contributed by atoms with van der Waals surface area (Å²) in [5, 5.41) is 10.4. The number of carbonyl (C=O) groups excluding carboxylic acids is 1. The van der Waals surface area contributed by atoms with Crippen LogP contribution in [0.1, 0.15) is 42.4 Å². The van der Waals surface area contributed by atoms with Crippen molar-refractivity contribution in [3.8, 4) is 20.5 Å². The number of carbonyl (C=O) groups is 1. The van der Waals surface area contributed by atoms with Gasteiger partial charge in [-0.3, -0.25) is 9.59 Å². The second kappa shape index (κ2) is 9.41. The van der Waals surface area contributed by atoms with E-state index in [0.29, 0.717) is 17.8 Å². The minimum atomic E-state index is -0.205. The third-order valence-electron chi connectivity index (χ3n) is 5.25. The molecular formula is C25H26N4O2S2. The Hall–Kier alpha value is -3.10. The summed E-state index contributed by atoms with van der Waals surface area (Å²) in [5.41, 5.74) is 3.19. The van der Waals surface area contributed by atoms with Crippen LogP contribution in [0.5, 0.6) is 0 Å². The molecule has 0 spiro atoms. The average molecular weight is 479 g/mol. The zero-order valence-corrected chi connectivity index (χ0v) is 20.7. The maximum Gasteiger partial charge on any atom is 0.266 e. The molecule has 0 aliphatic rings. The lowest BCUT2D eigenvalue weighted by Crippen LogP contribution is -2.32. The fourth-order valence-electron chi connectivity index (χ4n) is 3.37. The molecule has 0 aliphatic heterocycles. The predicted molar refractivity (Wildman–Crippen MR) is 135 cm³/mol. The van der Waals surface area contributed by atoms with Crippen molar-refractivity contribution in [1.82, 2.24) is 20.1 Å². The van der Waals surface area contributed by atoms with Gasteiger partial charge in [0, 0.05) is 18.2 Å². The van der Waals surface area contributed by atoms with Crippen LogP contribution < -0.4 is 10.9 Å². The molecule has 0 bridgehead atoms. The lowest BCUT2D eigenvalue weighted by Gasteiger charge is -2.19. The number of amides is 1. The molecule has 0 radical (unpaired) electrons. The molecule has 0 saturated heterocycles. The molecule has 8 heteroatoms. The Morgan fingerprint density at radius 2 is 1.85 bits per heavy atom. The molecule has 1 aromatic carbocycles. The van der Waals surface area contributed by atoms with Gasteiger partial charge in [-0.15, -0.1) is 22.7 Å². The van der Waals surface area contributed by atoms with E-state index in [-0.39, 0.29) is 23.4 Å². The number of thiazole rings is 1. The first-order valence-electron chi connectivity index (χ1n) is 10.7. The van der Waals surface area contributed by atoms with E-state index in [1.807, 2.05) is 48.7 Å². The highest BCUT2D eigenvalue weighted by atomic mass is 32.1. The topological polar surface area (TPSA) is 76.9 Å². The van der Waals surface area contributed by atoms with Crippen molar-refractivity contribution in [1.29, 1.82) is 0 Å². The zero-order chi connectivity index (χ0) is 23.6. The summed E-state index contributed by atoms with van der Waals surface area (Å²) < 4.78 is 1.39. The Balaban J connectivity index is 1.44. The Morgan fingerprint density at radius 3 is 2.52 bits per heavy atom. The fraction of sp³-hybridized carbons (Fsp3) is 0.280. The van der Waals surface area contributed by atoms with Crippen molar-refractivity contribution in [2.24, 2.45) is 0 Å². The number of benzene rings is 1. The second-order valence-corrected chi connectivity index (χ2v) is 10.7. The van der Waals surface area contributed by atoms with E-state index >= 15 is 0 Å². The van der Waals surface area contributed by atoms with Gasteiger partial charge >= 0.3 is 0 Å². The highest BCUT2D eigenvalue weighted by Crippen LogP contribution is 2.35. The van der Waals surface area contributed by atoms with Crippen LogP contribution in [0.25, 0.3) is 20.5 Å². The summed E-state index contributed by atoms with van der Waals surface area (Å²) in [7, 11) is 0. The summed E-state index contributed by atoms with van der Waals surface area (Å²) >= 11 is 3.21. The van der Waals surface area contributed by atoms with Gasteiger partial charge < -0.3 is 5.32 Å². The lowest BCUT2D eigenvalue weighted by atomic mass is 9.87. The molecule has 0 fully saturated rings. The molecular weight excluding hydrogens is 452 g/mol. The van der Waals surface area contributed by atoms with Crippen LogP contribution in [0.3, 0.4) is 0 Å². The molecule has 4 rings (SSSR count). The lowest BCUT2D eigenvalue weighted by molar-refractivity contribution is 0.0951. The van der Waals surface area contributed by atoms with Gasteiger partial charge in [-0.25, -0.2) is 9.67 Å². The Labute approximate surface area is 201 Å². The standard InChI is InChI=1S/C25H26N4O2S2/c1-16-22(33-24(27-16)20-6-5-15-32-20)19-11-12-21(30)29(28-19)14-13-26-23(31)17-7-9-18(10-8-17)25(2,3)4/h5-12,15H,13-14H2,1-4H3,(H,26,31). The first-order chi connectivity index (χ1) is 15.7. The third-order valence-corrected chi connectivity index (χ3v) is 7.47. The number of aryl methyl sites for hydroxylation is 1. The van der Waals surface area contributed by atoms with Gasteiger partial charge in [0.15, 0.2) is 0 Å². The minimum absolute atomic E-state index is 0.0355. The van der Waals surface area contributed by atoms with Crippen LogP contribution in [0, 0.1) is 6.92 Å². The molecule has 170 valence electrons. The third kappa shape index (κ3) is 5.29. The fourth-order valence-corrected chi connectivity index (χ4v) is 5.20. The normalized spacial score (nSPS) is 11.5. The van der Waals surface area contributed by atoms with E-state index in [1.54, 1.807) is 28.7 Å². The van der Waals surface area contributed by atoms with E-state index in [0.717, 1.165) is 20.5 Å². The molecule has 0 aliphatic carbocycles. The van der Waals surface area contributed by atoms with Crippen LogP contribution in [0.15, 0.2) is 58.7 Å². The largest absolute Gasteiger partial charge is 0.350 e. The molecule has 0 unspecified atom stereocenters. The molecule has 6 nitrogen and oxygen atoms in total. The smallest absolute Gasteiger partial charge is 0.266 e. The van der Waals surface area contributed by atoms with Crippen molar-refractivity contribution < 1.29 is 4.79 Å². The second-order valence-electron chi connectivity index (χ2n) is 8.77. The number of hydrogen-bond donors (Lipinski definition) is 1. The van der Waals surface area contributed by atoms with Crippen molar-refractivity contribution >= 4 is 28.6 Å². The highest BCUT2D eigenvalue weighted by molar-refractivity contribution is 7.23. The Bertz CT molecular complexity index is 1310. The Kier molecular flexibility index (Phi) is 6.58. The highest BCUT2D eigenvalue weighted by Gasteiger charge is 2.16. The van der Waals surface area contributed by atoms with Crippen molar-refractivity contribution in [2.75, 3.05) is 6.54 Å². The van der Waals surface area contributed by atoms with E-state index in [4.69, 9.17) is 0 Å². The van der Waals surface area contributed by atoms with Crippen molar-refractivity contribution in [2.45, 2.75) is 39.7 Å². The van der Waals surface area contributed by atoms with Crippen LogP contribution in [0.4, 0.5) is 0 Å². The van der Waals surface area contributed by atoms with Gasteiger partial charge in [0.2, 0.25) is 0 Å². The predicted octanol–water partition coefficient (Wildman–Crippen LogP) is 5.13. The SMILES string of the molecule is Cc1nc(-c2cccs2)sc1-c1ccc(=O)n(CCNC(=O)c2ccc(C(C)(C)C)cc2)n1. The molecule has 4 aromatic rings. The Morgan fingerprint density at radius 1 is 1.09 bits per heavy atom. The van der Waals surface area contributed by atoms with Gasteiger partial charge in [-0.1, -0.05) is 39.0 Å². The summed E-state index contributed by atoms with van der Waals surface area (Å²) in [5.74, 6) is -0.168. The van der Waals surface area contributed by atoms with Crippen LogP contribution >= 0.6 is 22.7 Å². The number of hydrogen-bond acceptors (Lipinski definition) is 6. The summed E-state index contributed by atoms with van der Waals surface area (Å²) in [6.07, 6.45) is 0. The quantitative estimate of drug-likeness (QED) is 0.417. The van der Waals surface area contributed by atoms with Gasteiger partial charge in [-0.2, -0.15) is 5.10 Å². The summed E-state index contributed by atoms with van der Waals surface area (Å²) in [6.45, 7) is 8.95. The van der Waals surface area contributed by atoms with Crippen molar-refractivity contribution in [3.05, 3.63) is 81.1 Å². The first-order valence-corrected chi connectivity index (χ1v) is 12.4. The number of nitrogens with zero attached hydrogens (tertiary/aromatic N) is 3. The molecule has 3 aromatic heterocycles. The molecule has 33 heavy (non-hydrogen) atoms. The van der Waals surface area contributed by atoms with E-state index in [1.165, 1.54) is 16.3 Å². The van der Waals surface area contributed by atoms with Gasteiger partial charge in [-0.05, 0) is 47.5 Å². The maximum absolute atomic E-state index is 12.5. The molecule has 3 heterocycles. The van der Waals surface area contributed by atoms with Gasteiger partial charge in [0.05, 0.1) is 22.0 Å². The summed E-state index contributed by atoms with van der Waals surface area (Å²) in [4.78, 5) is 31.6. The monoisotopic (exact) mass is 478 g/mol. The molecule has 1 amide bonds. The van der Waals surface area contributed by atoms with Gasteiger partial charge in [0.1, 0.15) is 10.7 Å². The number of rotatable bonds is 6. The van der Waals surface area contributed by atoms with E-state index in [2.05, 4.69) is 36.2 Å². The van der Waals surface area contributed by atoms with Crippen molar-refractivity contribution in [3.63, 3.8) is 0 Å². The van der Waals surface area contributed by atoms with E-state index < -0.39 is 0 Å². The van der Waals surface area contributed by atoms with Gasteiger partial charge in [0.25, 0.3) is 11.5 Å².